The number of ether oxygens (including phenoxy) is 1. The average Bonchev–Trinajstić information content (AvgIpc) is 3.22. The minimum absolute atomic E-state index is 0.423. The third kappa shape index (κ3) is 3.98. The molecule has 0 fully saturated rings. The van der Waals surface area contributed by atoms with E-state index in [-0.39, 0.29) is 0 Å². The molecule has 0 spiro atoms. The summed E-state index contributed by atoms with van der Waals surface area (Å²) in [5.41, 5.74) is 3.17. The van der Waals surface area contributed by atoms with E-state index in [1.54, 1.807) is 11.8 Å². The fraction of sp³-hybridized carbons (Fsp3) is 0.174. The zero-order valence-electron chi connectivity index (χ0n) is 16.7. The number of benzene rings is 2. The van der Waals surface area contributed by atoms with Crippen LogP contribution in [0.25, 0.3) is 22.6 Å². The number of fused-ring (bicyclic) bond motifs is 3. The van der Waals surface area contributed by atoms with Crippen LogP contribution in [0.1, 0.15) is 25.3 Å². The van der Waals surface area contributed by atoms with Crippen LogP contribution in [0.3, 0.4) is 0 Å². The lowest BCUT2D eigenvalue weighted by Crippen LogP contribution is -2.16. The van der Waals surface area contributed by atoms with Gasteiger partial charge in [0.2, 0.25) is 17.3 Å². The number of thioether (sulfide) groups is 1. The van der Waals surface area contributed by atoms with Crippen LogP contribution in [0.15, 0.2) is 70.2 Å². The van der Waals surface area contributed by atoms with E-state index < -0.39 is 6.23 Å². The van der Waals surface area contributed by atoms with Gasteiger partial charge in [-0.25, -0.2) is 0 Å². The van der Waals surface area contributed by atoms with E-state index in [9.17, 15) is 0 Å². The van der Waals surface area contributed by atoms with Crippen molar-refractivity contribution in [1.29, 1.82) is 0 Å². The number of hydrogen-bond donors (Lipinski definition) is 1. The number of nitrogens with zero attached hydrogens (tertiary/aromatic N) is 3. The number of anilines is 1. The number of hydrogen-bond acceptors (Lipinski definition) is 7. The number of halogens is 1. The molecule has 0 aliphatic carbocycles. The summed E-state index contributed by atoms with van der Waals surface area (Å²) >= 11 is 7.90. The highest BCUT2D eigenvalue weighted by molar-refractivity contribution is 7.99. The van der Waals surface area contributed by atoms with Crippen LogP contribution in [-0.4, -0.2) is 20.9 Å². The Kier molecular flexibility index (Phi) is 5.53. The second kappa shape index (κ2) is 8.61. The van der Waals surface area contributed by atoms with Crippen LogP contribution < -0.4 is 10.1 Å². The Morgan fingerprint density at radius 1 is 1.00 bits per heavy atom. The highest BCUT2D eigenvalue weighted by Crippen LogP contribution is 2.40. The SMILES string of the molecule is CCCSc1nnc2c(n1)OC(c1ccc(-c3ccccc3Cl)o1)Nc1ccccc1-2. The molecule has 3 heterocycles. The Hall–Kier alpha value is -3.03. The van der Waals surface area contributed by atoms with Gasteiger partial charge in [0.25, 0.3) is 0 Å². The smallest absolute Gasteiger partial charge is 0.247 e. The number of furan rings is 1. The first-order valence-corrected chi connectivity index (χ1v) is 11.3. The zero-order chi connectivity index (χ0) is 21.2. The Balaban J connectivity index is 1.54. The van der Waals surface area contributed by atoms with Gasteiger partial charge in [-0.05, 0) is 36.8 Å². The third-order valence-electron chi connectivity index (χ3n) is 4.79. The fourth-order valence-electron chi connectivity index (χ4n) is 3.33. The number of nitrogens with one attached hydrogen (secondary N) is 1. The summed E-state index contributed by atoms with van der Waals surface area (Å²) in [6, 6.07) is 19.2. The molecular formula is C23H19ClN4O2S. The van der Waals surface area contributed by atoms with Gasteiger partial charge in [-0.3, -0.25) is 0 Å². The van der Waals surface area contributed by atoms with E-state index in [1.165, 1.54) is 0 Å². The molecule has 1 aliphatic heterocycles. The summed E-state index contributed by atoms with van der Waals surface area (Å²) in [4.78, 5) is 4.63. The normalized spacial score (nSPS) is 14.7. The minimum Gasteiger partial charge on any atom is -0.455 e. The van der Waals surface area contributed by atoms with Crippen LogP contribution in [0.5, 0.6) is 5.88 Å². The van der Waals surface area contributed by atoms with Gasteiger partial charge in [0.05, 0.1) is 5.02 Å². The van der Waals surface area contributed by atoms with E-state index in [0.717, 1.165) is 29.0 Å². The van der Waals surface area contributed by atoms with E-state index in [4.69, 9.17) is 20.8 Å². The largest absolute Gasteiger partial charge is 0.455 e. The molecule has 1 unspecified atom stereocenters. The van der Waals surface area contributed by atoms with E-state index in [0.29, 0.717) is 33.3 Å². The van der Waals surface area contributed by atoms with Crippen molar-refractivity contribution in [2.45, 2.75) is 24.7 Å². The Morgan fingerprint density at radius 2 is 1.81 bits per heavy atom. The molecule has 4 aromatic rings. The lowest BCUT2D eigenvalue weighted by molar-refractivity contribution is 0.196. The molecule has 0 bridgehead atoms. The maximum atomic E-state index is 6.34. The minimum atomic E-state index is -0.584. The van der Waals surface area contributed by atoms with Crippen LogP contribution in [0, 0.1) is 0 Å². The van der Waals surface area contributed by atoms with Gasteiger partial charge in [0.15, 0.2) is 11.5 Å². The standard InChI is InChI=1S/C23H19ClN4O2S/c1-2-13-31-23-26-22-20(27-28-23)15-8-4-6-10-17(15)25-21(30-22)19-12-11-18(29-19)14-7-3-5-9-16(14)24/h3-12,21,25H,2,13H2,1H3. The summed E-state index contributed by atoms with van der Waals surface area (Å²) in [5.74, 6) is 2.62. The lowest BCUT2D eigenvalue weighted by Gasteiger charge is -2.16. The van der Waals surface area contributed by atoms with Crippen LogP contribution >= 0.6 is 23.4 Å². The molecule has 6 nitrogen and oxygen atoms in total. The van der Waals surface area contributed by atoms with Crippen molar-refractivity contribution in [2.24, 2.45) is 0 Å². The zero-order valence-corrected chi connectivity index (χ0v) is 18.3. The van der Waals surface area contributed by atoms with Crippen molar-refractivity contribution in [3.8, 4) is 28.5 Å². The molecule has 31 heavy (non-hydrogen) atoms. The van der Waals surface area contributed by atoms with E-state index >= 15 is 0 Å². The quantitative estimate of drug-likeness (QED) is 0.350. The summed E-state index contributed by atoms with van der Waals surface area (Å²) in [6.45, 7) is 2.12. The Morgan fingerprint density at radius 3 is 2.65 bits per heavy atom. The molecule has 1 atom stereocenters. The molecule has 8 heteroatoms. The summed E-state index contributed by atoms with van der Waals surface area (Å²) in [6.07, 6.45) is 0.440. The molecule has 1 N–H and O–H groups in total. The fourth-order valence-corrected chi connectivity index (χ4v) is 4.19. The molecule has 156 valence electrons. The topological polar surface area (TPSA) is 73.1 Å². The van der Waals surface area contributed by atoms with Crippen molar-refractivity contribution < 1.29 is 9.15 Å². The predicted molar refractivity (Wildman–Crippen MR) is 122 cm³/mol. The highest BCUT2D eigenvalue weighted by atomic mass is 35.5. The molecule has 5 rings (SSSR count). The number of aromatic nitrogens is 3. The van der Waals surface area contributed by atoms with Crippen LogP contribution in [0.2, 0.25) is 5.02 Å². The van der Waals surface area contributed by atoms with Gasteiger partial charge < -0.3 is 14.5 Å². The summed E-state index contributed by atoms with van der Waals surface area (Å²) in [7, 11) is 0. The first kappa shape index (κ1) is 19.9. The first-order chi connectivity index (χ1) is 15.2. The molecular weight excluding hydrogens is 432 g/mol. The Bertz CT molecular complexity index is 1230. The Labute approximate surface area is 189 Å². The molecule has 2 aromatic heterocycles. The average molecular weight is 451 g/mol. The van der Waals surface area contributed by atoms with Crippen molar-refractivity contribution in [1.82, 2.24) is 15.2 Å². The highest BCUT2D eigenvalue weighted by Gasteiger charge is 2.28. The molecule has 0 amide bonds. The molecule has 0 radical (unpaired) electrons. The lowest BCUT2D eigenvalue weighted by atomic mass is 10.1. The van der Waals surface area contributed by atoms with Crippen LogP contribution in [0.4, 0.5) is 5.69 Å². The first-order valence-electron chi connectivity index (χ1n) is 9.97. The van der Waals surface area contributed by atoms with Crippen molar-refractivity contribution in [3.05, 3.63) is 71.4 Å². The second-order valence-corrected chi connectivity index (χ2v) is 8.44. The van der Waals surface area contributed by atoms with E-state index in [1.807, 2.05) is 60.7 Å². The van der Waals surface area contributed by atoms with Gasteiger partial charge in [0, 0.05) is 22.6 Å². The maximum Gasteiger partial charge on any atom is 0.247 e. The molecule has 1 aliphatic rings. The number of rotatable bonds is 5. The van der Waals surface area contributed by atoms with Gasteiger partial charge in [0.1, 0.15) is 5.76 Å². The van der Waals surface area contributed by atoms with Gasteiger partial charge >= 0.3 is 0 Å². The monoisotopic (exact) mass is 450 g/mol. The molecule has 2 aromatic carbocycles. The van der Waals surface area contributed by atoms with Gasteiger partial charge in [-0.2, -0.15) is 4.98 Å². The van der Waals surface area contributed by atoms with Crippen LogP contribution in [-0.2, 0) is 0 Å². The van der Waals surface area contributed by atoms with Crippen molar-refractivity contribution in [3.63, 3.8) is 0 Å². The van der Waals surface area contributed by atoms with E-state index in [2.05, 4.69) is 27.4 Å². The third-order valence-corrected chi connectivity index (χ3v) is 6.17. The number of para-hydroxylation sites is 1. The van der Waals surface area contributed by atoms with Gasteiger partial charge in [-0.1, -0.05) is 60.6 Å². The molecule has 0 saturated carbocycles. The predicted octanol–water partition coefficient (Wildman–Crippen LogP) is 6.46. The molecule has 0 saturated heterocycles. The van der Waals surface area contributed by atoms with Crippen molar-refractivity contribution in [2.75, 3.05) is 11.1 Å². The second-order valence-electron chi connectivity index (χ2n) is 6.97. The maximum absolute atomic E-state index is 6.34. The summed E-state index contributed by atoms with van der Waals surface area (Å²) < 4.78 is 12.4. The van der Waals surface area contributed by atoms with Crippen molar-refractivity contribution >= 4 is 29.1 Å². The summed E-state index contributed by atoms with van der Waals surface area (Å²) in [5, 5.41) is 13.3. The van der Waals surface area contributed by atoms with Gasteiger partial charge in [-0.15, -0.1) is 10.2 Å².